The van der Waals surface area contributed by atoms with Gasteiger partial charge in [-0.1, -0.05) is 22.0 Å². The van der Waals surface area contributed by atoms with E-state index in [0.29, 0.717) is 18.7 Å². The minimum absolute atomic E-state index is 0.302. The van der Waals surface area contributed by atoms with Crippen LogP contribution in [0.5, 0.6) is 0 Å². The number of nitrogens with zero attached hydrogens (tertiary/aromatic N) is 1. The molecule has 5 heteroatoms. The van der Waals surface area contributed by atoms with Crippen LogP contribution in [0.25, 0.3) is 0 Å². The first-order valence-corrected chi connectivity index (χ1v) is 5.19. The van der Waals surface area contributed by atoms with Crippen molar-refractivity contribution in [1.29, 1.82) is 5.26 Å². The summed E-state index contributed by atoms with van der Waals surface area (Å²) in [6, 6.07) is 8.93. The topological polar surface area (TPSA) is 64.9 Å². The molecule has 78 valence electrons. The summed E-state index contributed by atoms with van der Waals surface area (Å²) in [5.74, 6) is 0. The zero-order valence-electron chi connectivity index (χ0n) is 7.96. The molecule has 0 aromatic heterocycles. The van der Waals surface area contributed by atoms with Gasteiger partial charge >= 0.3 is 6.03 Å². The van der Waals surface area contributed by atoms with Crippen molar-refractivity contribution >= 4 is 27.6 Å². The van der Waals surface area contributed by atoms with Gasteiger partial charge < -0.3 is 10.6 Å². The van der Waals surface area contributed by atoms with Crippen molar-refractivity contribution in [3.8, 4) is 6.07 Å². The standard InChI is InChI=1S/C10H10BrN3O/c11-8-3-1-4-9(7-8)14-10(15)13-6-2-5-12/h1,3-4,7H,2,6H2,(H2,13,14,15). The molecule has 2 N–H and O–H groups in total. The van der Waals surface area contributed by atoms with Crippen LogP contribution in [0.15, 0.2) is 28.7 Å². The summed E-state index contributed by atoms with van der Waals surface area (Å²) < 4.78 is 0.900. The fourth-order valence-corrected chi connectivity index (χ4v) is 1.37. The molecule has 0 radical (unpaired) electrons. The van der Waals surface area contributed by atoms with Crippen molar-refractivity contribution in [3.05, 3.63) is 28.7 Å². The number of benzene rings is 1. The van der Waals surface area contributed by atoms with Gasteiger partial charge in [-0.25, -0.2) is 4.79 Å². The number of urea groups is 1. The number of anilines is 1. The van der Waals surface area contributed by atoms with Crippen LogP contribution in [0.1, 0.15) is 6.42 Å². The van der Waals surface area contributed by atoms with Crippen molar-refractivity contribution in [1.82, 2.24) is 5.32 Å². The van der Waals surface area contributed by atoms with Gasteiger partial charge in [-0.2, -0.15) is 5.26 Å². The summed E-state index contributed by atoms with van der Waals surface area (Å²) in [6.07, 6.45) is 0.311. The van der Waals surface area contributed by atoms with Crippen LogP contribution in [0.4, 0.5) is 10.5 Å². The maximum atomic E-state index is 11.3. The fraction of sp³-hybridized carbons (Fsp3) is 0.200. The Morgan fingerprint density at radius 1 is 1.53 bits per heavy atom. The number of hydrogen-bond acceptors (Lipinski definition) is 2. The third-order valence-electron chi connectivity index (χ3n) is 1.60. The smallest absolute Gasteiger partial charge is 0.319 e. The van der Waals surface area contributed by atoms with E-state index in [1.807, 2.05) is 18.2 Å². The lowest BCUT2D eigenvalue weighted by Gasteiger charge is -2.05. The molecule has 0 aliphatic rings. The summed E-state index contributed by atoms with van der Waals surface area (Å²) in [6.45, 7) is 0.357. The molecule has 0 saturated heterocycles. The van der Waals surface area contributed by atoms with E-state index in [9.17, 15) is 4.79 Å². The minimum atomic E-state index is -0.302. The first-order valence-electron chi connectivity index (χ1n) is 4.40. The Hall–Kier alpha value is -1.54. The zero-order valence-corrected chi connectivity index (χ0v) is 9.54. The third-order valence-corrected chi connectivity index (χ3v) is 2.10. The molecule has 0 unspecified atom stereocenters. The average molecular weight is 268 g/mol. The molecule has 0 fully saturated rings. The highest BCUT2D eigenvalue weighted by atomic mass is 79.9. The molecule has 0 aliphatic heterocycles. The summed E-state index contributed by atoms with van der Waals surface area (Å²) in [4.78, 5) is 11.3. The van der Waals surface area contributed by atoms with Gasteiger partial charge in [0.1, 0.15) is 0 Å². The van der Waals surface area contributed by atoms with E-state index in [4.69, 9.17) is 5.26 Å². The van der Waals surface area contributed by atoms with Crippen molar-refractivity contribution in [3.63, 3.8) is 0 Å². The SMILES string of the molecule is N#CCCNC(=O)Nc1cccc(Br)c1. The molecule has 0 saturated carbocycles. The molecular formula is C10H10BrN3O. The molecule has 1 aromatic carbocycles. The highest BCUT2D eigenvalue weighted by Gasteiger charge is 2.00. The molecule has 1 aromatic rings. The van der Waals surface area contributed by atoms with Gasteiger partial charge in [-0.05, 0) is 18.2 Å². The molecular weight excluding hydrogens is 258 g/mol. The van der Waals surface area contributed by atoms with Gasteiger partial charge in [-0.3, -0.25) is 0 Å². The lowest BCUT2D eigenvalue weighted by Crippen LogP contribution is -2.29. The number of nitrogens with one attached hydrogen (secondary N) is 2. The van der Waals surface area contributed by atoms with Gasteiger partial charge in [0.15, 0.2) is 0 Å². The summed E-state index contributed by atoms with van der Waals surface area (Å²) in [5.41, 5.74) is 0.707. The number of amides is 2. The van der Waals surface area contributed by atoms with E-state index in [-0.39, 0.29) is 6.03 Å². The fourth-order valence-electron chi connectivity index (χ4n) is 0.973. The Kier molecular flexibility index (Phi) is 4.64. The van der Waals surface area contributed by atoms with E-state index < -0.39 is 0 Å². The first kappa shape index (κ1) is 11.5. The number of carbonyl (C=O) groups is 1. The van der Waals surface area contributed by atoms with E-state index in [1.54, 1.807) is 12.1 Å². The summed E-state index contributed by atoms with van der Waals surface area (Å²) in [5, 5.41) is 13.5. The van der Waals surface area contributed by atoms with Crippen molar-refractivity contribution in [2.45, 2.75) is 6.42 Å². The minimum Gasteiger partial charge on any atom is -0.337 e. The second kappa shape index (κ2) is 6.04. The molecule has 15 heavy (non-hydrogen) atoms. The van der Waals surface area contributed by atoms with E-state index in [0.717, 1.165) is 4.47 Å². The molecule has 4 nitrogen and oxygen atoms in total. The highest BCUT2D eigenvalue weighted by molar-refractivity contribution is 9.10. The van der Waals surface area contributed by atoms with Gasteiger partial charge in [0.25, 0.3) is 0 Å². The van der Waals surface area contributed by atoms with Gasteiger partial charge in [-0.15, -0.1) is 0 Å². The molecule has 1 rings (SSSR count). The van der Waals surface area contributed by atoms with Crippen LogP contribution in [0.3, 0.4) is 0 Å². The number of rotatable bonds is 3. The van der Waals surface area contributed by atoms with Crippen molar-refractivity contribution < 1.29 is 4.79 Å². The lowest BCUT2D eigenvalue weighted by atomic mass is 10.3. The number of nitriles is 1. The Labute approximate surface area is 96.4 Å². The van der Waals surface area contributed by atoms with Crippen LogP contribution < -0.4 is 10.6 Å². The van der Waals surface area contributed by atoms with E-state index in [1.165, 1.54) is 0 Å². The Balaban J connectivity index is 2.42. The maximum absolute atomic E-state index is 11.3. The third kappa shape index (κ3) is 4.47. The largest absolute Gasteiger partial charge is 0.337 e. The Bertz CT molecular complexity index is 386. The van der Waals surface area contributed by atoms with Crippen LogP contribution in [0.2, 0.25) is 0 Å². The Morgan fingerprint density at radius 3 is 3.00 bits per heavy atom. The molecule has 0 spiro atoms. The van der Waals surface area contributed by atoms with E-state index >= 15 is 0 Å². The van der Waals surface area contributed by atoms with E-state index in [2.05, 4.69) is 26.6 Å². The summed E-state index contributed by atoms with van der Waals surface area (Å²) in [7, 11) is 0. The van der Waals surface area contributed by atoms with Crippen molar-refractivity contribution in [2.75, 3.05) is 11.9 Å². The number of carbonyl (C=O) groups excluding carboxylic acids is 1. The molecule has 0 heterocycles. The van der Waals surface area contributed by atoms with Gasteiger partial charge in [0.05, 0.1) is 12.5 Å². The lowest BCUT2D eigenvalue weighted by molar-refractivity contribution is 0.252. The molecule has 2 amide bonds. The Morgan fingerprint density at radius 2 is 2.33 bits per heavy atom. The quantitative estimate of drug-likeness (QED) is 0.827. The van der Waals surface area contributed by atoms with Gasteiger partial charge in [0.2, 0.25) is 0 Å². The number of halogens is 1. The summed E-state index contributed by atoms with van der Waals surface area (Å²) >= 11 is 3.30. The number of hydrogen-bond donors (Lipinski definition) is 2. The monoisotopic (exact) mass is 267 g/mol. The second-order valence-corrected chi connectivity index (χ2v) is 3.72. The van der Waals surface area contributed by atoms with Crippen LogP contribution >= 0.6 is 15.9 Å². The highest BCUT2D eigenvalue weighted by Crippen LogP contribution is 2.15. The normalized spacial score (nSPS) is 9.07. The predicted molar refractivity (Wildman–Crippen MR) is 61.4 cm³/mol. The maximum Gasteiger partial charge on any atom is 0.319 e. The van der Waals surface area contributed by atoms with Gasteiger partial charge in [0, 0.05) is 16.7 Å². The second-order valence-electron chi connectivity index (χ2n) is 2.80. The first-order chi connectivity index (χ1) is 7.22. The van der Waals surface area contributed by atoms with Crippen LogP contribution in [0, 0.1) is 11.3 Å². The predicted octanol–water partition coefficient (Wildman–Crippen LogP) is 2.48. The van der Waals surface area contributed by atoms with Crippen LogP contribution in [-0.4, -0.2) is 12.6 Å². The average Bonchev–Trinajstić information content (AvgIpc) is 2.18. The zero-order chi connectivity index (χ0) is 11.1. The molecule has 0 bridgehead atoms. The molecule has 0 aliphatic carbocycles. The van der Waals surface area contributed by atoms with Crippen LogP contribution in [-0.2, 0) is 0 Å². The van der Waals surface area contributed by atoms with Crippen molar-refractivity contribution in [2.24, 2.45) is 0 Å². The molecule has 0 atom stereocenters.